The van der Waals surface area contributed by atoms with Crippen LogP contribution in [0.15, 0.2) is 24.3 Å². The number of non-ortho nitro benzene ring substituents is 1. The van der Waals surface area contributed by atoms with Crippen LogP contribution in [0.3, 0.4) is 0 Å². The Bertz CT molecular complexity index is 436. The van der Waals surface area contributed by atoms with Gasteiger partial charge in [-0.2, -0.15) is 0 Å². The van der Waals surface area contributed by atoms with E-state index in [-0.39, 0.29) is 12.3 Å². The summed E-state index contributed by atoms with van der Waals surface area (Å²) in [6.45, 7) is -0.290. The number of aliphatic hydroxyl groups is 3. The first-order valence-electron chi connectivity index (χ1n) is 5.52. The Morgan fingerprint density at radius 2 is 1.83 bits per heavy atom. The summed E-state index contributed by atoms with van der Waals surface area (Å²) in [6.07, 6.45) is -2.11. The van der Waals surface area contributed by atoms with Gasteiger partial charge in [0.15, 0.2) is 0 Å². The Morgan fingerprint density at radius 1 is 1.22 bits per heavy atom. The van der Waals surface area contributed by atoms with Crippen LogP contribution < -0.4 is 5.32 Å². The molecule has 0 amide bonds. The van der Waals surface area contributed by atoms with E-state index in [1.165, 1.54) is 24.3 Å². The normalized spacial score (nSPS) is 31.5. The molecule has 0 saturated carbocycles. The highest BCUT2D eigenvalue weighted by Gasteiger charge is 2.41. The standard InChI is InChI=1S/C11H14N2O5/c14-5-8-10(15)11(16)9(12-8)6-1-3-7(4-2-6)13(17)18/h1-4,8-12,14-16H,5H2. The summed E-state index contributed by atoms with van der Waals surface area (Å²) in [7, 11) is 0. The van der Waals surface area contributed by atoms with Gasteiger partial charge in [0.25, 0.3) is 5.69 Å². The predicted molar refractivity (Wildman–Crippen MR) is 61.9 cm³/mol. The molecule has 1 fully saturated rings. The van der Waals surface area contributed by atoms with Crippen molar-refractivity contribution in [3.8, 4) is 0 Å². The molecule has 1 aliphatic rings. The quantitative estimate of drug-likeness (QED) is 0.419. The molecular formula is C11H14N2O5. The molecule has 0 radical (unpaired) electrons. The van der Waals surface area contributed by atoms with E-state index < -0.39 is 29.2 Å². The third-order valence-corrected chi connectivity index (χ3v) is 3.16. The Hall–Kier alpha value is -1.54. The molecule has 1 heterocycles. The van der Waals surface area contributed by atoms with Gasteiger partial charge in [-0.05, 0) is 5.56 Å². The Balaban J connectivity index is 2.19. The lowest BCUT2D eigenvalue weighted by atomic mass is 10.0. The van der Waals surface area contributed by atoms with E-state index in [4.69, 9.17) is 5.11 Å². The molecule has 7 heteroatoms. The molecule has 7 nitrogen and oxygen atoms in total. The zero-order valence-electron chi connectivity index (χ0n) is 9.43. The van der Waals surface area contributed by atoms with Crippen molar-refractivity contribution >= 4 is 5.69 Å². The van der Waals surface area contributed by atoms with E-state index in [1.807, 2.05) is 0 Å². The second-order valence-electron chi connectivity index (χ2n) is 4.26. The maximum atomic E-state index is 10.5. The first kappa shape index (κ1) is 12.9. The van der Waals surface area contributed by atoms with Gasteiger partial charge in [0, 0.05) is 12.1 Å². The lowest BCUT2D eigenvalue weighted by Crippen LogP contribution is -2.35. The molecule has 4 atom stereocenters. The van der Waals surface area contributed by atoms with E-state index in [1.54, 1.807) is 0 Å². The van der Waals surface area contributed by atoms with Gasteiger partial charge in [0.05, 0.1) is 29.7 Å². The Kier molecular flexibility index (Phi) is 3.58. The fourth-order valence-electron chi connectivity index (χ4n) is 2.12. The molecule has 2 rings (SSSR count). The van der Waals surface area contributed by atoms with Gasteiger partial charge in [0.2, 0.25) is 0 Å². The van der Waals surface area contributed by atoms with Crippen molar-refractivity contribution in [3.63, 3.8) is 0 Å². The molecule has 18 heavy (non-hydrogen) atoms. The average molecular weight is 254 g/mol. The van der Waals surface area contributed by atoms with Gasteiger partial charge in [-0.3, -0.25) is 10.1 Å². The van der Waals surface area contributed by atoms with Crippen LogP contribution in [0.5, 0.6) is 0 Å². The van der Waals surface area contributed by atoms with E-state index in [0.717, 1.165) is 0 Å². The maximum absolute atomic E-state index is 10.5. The highest BCUT2D eigenvalue weighted by Crippen LogP contribution is 2.28. The maximum Gasteiger partial charge on any atom is 0.269 e. The summed E-state index contributed by atoms with van der Waals surface area (Å²) in [4.78, 5) is 10.0. The summed E-state index contributed by atoms with van der Waals surface area (Å²) < 4.78 is 0. The topological polar surface area (TPSA) is 116 Å². The van der Waals surface area contributed by atoms with Gasteiger partial charge in [0.1, 0.15) is 6.10 Å². The van der Waals surface area contributed by atoms with Crippen LogP contribution >= 0.6 is 0 Å². The molecule has 98 valence electrons. The van der Waals surface area contributed by atoms with Crippen molar-refractivity contribution in [2.45, 2.75) is 24.3 Å². The molecular weight excluding hydrogens is 240 g/mol. The van der Waals surface area contributed by atoms with E-state index in [2.05, 4.69) is 5.32 Å². The molecule has 0 bridgehead atoms. The molecule has 1 aliphatic heterocycles. The van der Waals surface area contributed by atoms with E-state index in [9.17, 15) is 20.3 Å². The lowest BCUT2D eigenvalue weighted by Gasteiger charge is -2.15. The van der Waals surface area contributed by atoms with Crippen LogP contribution in [0.1, 0.15) is 11.6 Å². The number of rotatable bonds is 3. The number of nitro groups is 1. The van der Waals surface area contributed by atoms with Gasteiger partial charge < -0.3 is 20.6 Å². The van der Waals surface area contributed by atoms with E-state index >= 15 is 0 Å². The summed E-state index contributed by atoms with van der Waals surface area (Å²) in [5, 5.41) is 41.9. The molecule has 1 aromatic carbocycles. The van der Waals surface area contributed by atoms with Crippen molar-refractivity contribution in [1.29, 1.82) is 0 Å². The number of benzene rings is 1. The van der Waals surface area contributed by atoms with Crippen LogP contribution in [0.25, 0.3) is 0 Å². The van der Waals surface area contributed by atoms with Crippen LogP contribution in [-0.2, 0) is 0 Å². The summed E-state index contributed by atoms with van der Waals surface area (Å²) >= 11 is 0. The van der Waals surface area contributed by atoms with E-state index in [0.29, 0.717) is 5.56 Å². The predicted octanol–water partition coefficient (Wildman–Crippen LogP) is -0.678. The largest absolute Gasteiger partial charge is 0.395 e. The minimum Gasteiger partial charge on any atom is -0.395 e. The lowest BCUT2D eigenvalue weighted by molar-refractivity contribution is -0.384. The average Bonchev–Trinajstić information content (AvgIpc) is 2.66. The van der Waals surface area contributed by atoms with Crippen LogP contribution in [-0.4, -0.2) is 45.1 Å². The SMILES string of the molecule is O=[N+]([O-])c1ccc(C2NC(CO)C(O)C2O)cc1. The number of hydrogen-bond acceptors (Lipinski definition) is 6. The van der Waals surface area contributed by atoms with Crippen LogP contribution in [0.2, 0.25) is 0 Å². The second kappa shape index (κ2) is 4.99. The van der Waals surface area contributed by atoms with Crippen molar-refractivity contribution in [2.75, 3.05) is 6.61 Å². The zero-order chi connectivity index (χ0) is 13.3. The fourth-order valence-corrected chi connectivity index (χ4v) is 2.12. The highest BCUT2D eigenvalue weighted by molar-refractivity contribution is 5.35. The Labute approximate surface area is 103 Å². The number of hydrogen-bond donors (Lipinski definition) is 4. The number of nitrogens with zero attached hydrogens (tertiary/aromatic N) is 1. The fraction of sp³-hybridized carbons (Fsp3) is 0.455. The highest BCUT2D eigenvalue weighted by atomic mass is 16.6. The van der Waals surface area contributed by atoms with Gasteiger partial charge in [-0.1, -0.05) is 12.1 Å². The van der Waals surface area contributed by atoms with Gasteiger partial charge in [-0.25, -0.2) is 0 Å². The zero-order valence-corrected chi connectivity index (χ0v) is 9.43. The van der Waals surface area contributed by atoms with Crippen molar-refractivity contribution in [2.24, 2.45) is 0 Å². The summed E-state index contributed by atoms with van der Waals surface area (Å²) in [6, 6.07) is 4.57. The van der Waals surface area contributed by atoms with Crippen LogP contribution in [0.4, 0.5) is 5.69 Å². The summed E-state index contributed by atoms with van der Waals surface area (Å²) in [5.74, 6) is 0. The monoisotopic (exact) mass is 254 g/mol. The van der Waals surface area contributed by atoms with Gasteiger partial charge in [-0.15, -0.1) is 0 Å². The molecule has 1 aromatic rings. The van der Waals surface area contributed by atoms with Crippen molar-refractivity contribution < 1.29 is 20.2 Å². The molecule has 0 aromatic heterocycles. The molecule has 0 spiro atoms. The smallest absolute Gasteiger partial charge is 0.269 e. The first-order chi connectivity index (χ1) is 8.54. The summed E-state index contributed by atoms with van der Waals surface area (Å²) in [5.41, 5.74) is 0.591. The number of nitro benzene ring substituents is 1. The van der Waals surface area contributed by atoms with Crippen LogP contribution in [0, 0.1) is 10.1 Å². The molecule has 0 aliphatic carbocycles. The van der Waals surface area contributed by atoms with Crippen molar-refractivity contribution in [3.05, 3.63) is 39.9 Å². The van der Waals surface area contributed by atoms with Crippen molar-refractivity contribution in [1.82, 2.24) is 5.32 Å². The third kappa shape index (κ3) is 2.21. The minimum atomic E-state index is -1.06. The Morgan fingerprint density at radius 3 is 2.28 bits per heavy atom. The van der Waals surface area contributed by atoms with Gasteiger partial charge >= 0.3 is 0 Å². The molecule has 4 unspecified atom stereocenters. The minimum absolute atomic E-state index is 0.0366. The third-order valence-electron chi connectivity index (χ3n) is 3.16. The second-order valence-corrected chi connectivity index (χ2v) is 4.26. The number of aliphatic hydroxyl groups excluding tert-OH is 3. The number of nitrogens with one attached hydrogen (secondary N) is 1. The first-order valence-corrected chi connectivity index (χ1v) is 5.52. The molecule has 4 N–H and O–H groups in total. The molecule has 1 saturated heterocycles.